The quantitative estimate of drug-likeness (QED) is 0.754. The molecule has 0 heterocycles. The van der Waals surface area contributed by atoms with Crippen LogP contribution >= 0.6 is 0 Å². The summed E-state index contributed by atoms with van der Waals surface area (Å²) in [6.07, 6.45) is 0. The first kappa shape index (κ1) is 15.2. The van der Waals surface area contributed by atoms with Crippen LogP contribution in [0.1, 0.15) is 23.1 Å². The van der Waals surface area contributed by atoms with E-state index in [-0.39, 0.29) is 19.1 Å². The molecule has 2 aromatic carbocycles. The van der Waals surface area contributed by atoms with Crippen molar-refractivity contribution in [3.05, 3.63) is 71.8 Å². The molecule has 0 aliphatic carbocycles. The molecule has 110 valence electrons. The highest BCUT2D eigenvalue weighted by molar-refractivity contribution is 5.84. The van der Waals surface area contributed by atoms with E-state index >= 15 is 0 Å². The Bertz CT molecular complexity index is 558. The third kappa shape index (κ3) is 3.90. The molecule has 21 heavy (non-hydrogen) atoms. The zero-order valence-corrected chi connectivity index (χ0v) is 11.8. The lowest BCUT2D eigenvalue weighted by molar-refractivity contribution is -0.123. The Hall–Kier alpha value is -2.17. The van der Waals surface area contributed by atoms with Crippen molar-refractivity contribution in [1.29, 1.82) is 0 Å². The summed E-state index contributed by atoms with van der Waals surface area (Å²) in [5.74, 6) is -0.587. The van der Waals surface area contributed by atoms with E-state index in [2.05, 4.69) is 5.32 Å². The van der Waals surface area contributed by atoms with Crippen LogP contribution in [0.4, 0.5) is 0 Å². The molecule has 0 aliphatic heterocycles. The van der Waals surface area contributed by atoms with E-state index in [9.17, 15) is 9.90 Å². The van der Waals surface area contributed by atoms with Crippen LogP contribution in [0, 0.1) is 0 Å². The van der Waals surface area contributed by atoms with Gasteiger partial charge in [0.25, 0.3) is 0 Å². The minimum absolute atomic E-state index is 0.151. The van der Waals surface area contributed by atoms with E-state index < -0.39 is 12.0 Å². The van der Waals surface area contributed by atoms with Crippen LogP contribution in [0.3, 0.4) is 0 Å². The molecule has 4 nitrogen and oxygen atoms in total. The van der Waals surface area contributed by atoms with Gasteiger partial charge in [0.2, 0.25) is 5.91 Å². The lowest BCUT2D eigenvalue weighted by atomic mass is 9.97. The predicted octanol–water partition coefficient (Wildman–Crippen LogP) is 1.58. The maximum atomic E-state index is 12.4. The van der Waals surface area contributed by atoms with E-state index in [1.165, 1.54) is 0 Å². The van der Waals surface area contributed by atoms with Gasteiger partial charge >= 0.3 is 0 Å². The van der Waals surface area contributed by atoms with Gasteiger partial charge in [0.1, 0.15) is 0 Å². The molecule has 1 unspecified atom stereocenters. The molecule has 4 heteroatoms. The van der Waals surface area contributed by atoms with E-state index in [4.69, 9.17) is 5.73 Å². The van der Waals surface area contributed by atoms with Crippen molar-refractivity contribution in [2.24, 2.45) is 5.73 Å². The fourth-order valence-electron chi connectivity index (χ4n) is 2.27. The fourth-order valence-corrected chi connectivity index (χ4v) is 2.27. The van der Waals surface area contributed by atoms with Crippen molar-refractivity contribution >= 4 is 5.91 Å². The van der Waals surface area contributed by atoms with Crippen LogP contribution in [0.15, 0.2) is 60.7 Å². The second-order valence-electron chi connectivity index (χ2n) is 4.85. The topological polar surface area (TPSA) is 75.4 Å². The van der Waals surface area contributed by atoms with Crippen molar-refractivity contribution in [2.75, 3.05) is 13.2 Å². The molecule has 0 saturated carbocycles. The SMILES string of the molecule is NCC(C(=O)N[C@H](CO)c1ccccc1)c1ccccc1. The van der Waals surface area contributed by atoms with Gasteiger partial charge in [0.05, 0.1) is 18.6 Å². The number of hydrogen-bond donors (Lipinski definition) is 3. The fraction of sp³-hybridized carbons (Fsp3) is 0.235. The van der Waals surface area contributed by atoms with Crippen LogP contribution < -0.4 is 11.1 Å². The predicted molar refractivity (Wildman–Crippen MR) is 82.6 cm³/mol. The van der Waals surface area contributed by atoms with Crippen LogP contribution in [0.2, 0.25) is 0 Å². The third-order valence-corrected chi connectivity index (χ3v) is 3.46. The van der Waals surface area contributed by atoms with Gasteiger partial charge in [-0.3, -0.25) is 4.79 Å². The van der Waals surface area contributed by atoms with Crippen LogP contribution in [-0.4, -0.2) is 24.2 Å². The van der Waals surface area contributed by atoms with Gasteiger partial charge in [0, 0.05) is 6.54 Å². The molecule has 0 radical (unpaired) electrons. The second kappa shape index (κ2) is 7.57. The largest absolute Gasteiger partial charge is 0.394 e. The Kier molecular flexibility index (Phi) is 5.49. The van der Waals surface area contributed by atoms with Crippen LogP contribution in [0.5, 0.6) is 0 Å². The number of nitrogens with one attached hydrogen (secondary N) is 1. The monoisotopic (exact) mass is 284 g/mol. The lowest BCUT2D eigenvalue weighted by Gasteiger charge is -2.21. The van der Waals surface area contributed by atoms with Crippen LogP contribution in [-0.2, 0) is 4.79 Å². The van der Waals surface area contributed by atoms with Crippen molar-refractivity contribution in [3.63, 3.8) is 0 Å². The summed E-state index contributed by atoms with van der Waals surface area (Å²) in [5, 5.41) is 12.4. The van der Waals surface area contributed by atoms with Crippen molar-refractivity contribution in [2.45, 2.75) is 12.0 Å². The Morgan fingerprint density at radius 2 is 1.52 bits per heavy atom. The summed E-state index contributed by atoms with van der Waals surface area (Å²) in [7, 11) is 0. The smallest absolute Gasteiger partial charge is 0.229 e. The Balaban J connectivity index is 2.11. The number of rotatable bonds is 6. The Labute approximate surface area is 124 Å². The van der Waals surface area contributed by atoms with Gasteiger partial charge in [-0.1, -0.05) is 60.7 Å². The maximum absolute atomic E-state index is 12.4. The standard InChI is InChI=1S/C17H20N2O2/c18-11-15(13-7-3-1-4-8-13)17(21)19-16(12-20)14-9-5-2-6-10-14/h1-10,15-16,20H,11-12,18H2,(H,19,21)/t15?,16-/m1/s1. The number of benzene rings is 2. The number of carbonyl (C=O) groups excluding carboxylic acids is 1. The molecule has 2 aromatic rings. The number of nitrogens with two attached hydrogens (primary N) is 1. The second-order valence-corrected chi connectivity index (χ2v) is 4.85. The number of aliphatic hydroxyl groups excluding tert-OH is 1. The number of aliphatic hydroxyl groups is 1. The summed E-state index contributed by atoms with van der Waals surface area (Å²) >= 11 is 0. The molecule has 4 N–H and O–H groups in total. The Morgan fingerprint density at radius 3 is 2.00 bits per heavy atom. The molecular weight excluding hydrogens is 264 g/mol. The summed E-state index contributed by atoms with van der Waals surface area (Å²) in [4.78, 5) is 12.4. The first-order valence-electron chi connectivity index (χ1n) is 6.97. The average Bonchev–Trinajstić information content (AvgIpc) is 2.55. The summed E-state index contributed by atoms with van der Waals surface area (Å²) < 4.78 is 0. The molecule has 1 amide bonds. The highest BCUT2D eigenvalue weighted by Gasteiger charge is 2.22. The summed E-state index contributed by atoms with van der Waals surface area (Å²) in [6.45, 7) is 0.0740. The maximum Gasteiger partial charge on any atom is 0.229 e. The van der Waals surface area contributed by atoms with E-state index in [0.717, 1.165) is 11.1 Å². The van der Waals surface area contributed by atoms with Gasteiger partial charge in [0.15, 0.2) is 0 Å². The molecule has 0 fully saturated rings. The highest BCUT2D eigenvalue weighted by atomic mass is 16.3. The number of amides is 1. The number of hydrogen-bond acceptors (Lipinski definition) is 3. The van der Waals surface area contributed by atoms with Gasteiger partial charge in [-0.05, 0) is 11.1 Å². The summed E-state index contributed by atoms with van der Waals surface area (Å²) in [6, 6.07) is 18.4. The minimum Gasteiger partial charge on any atom is -0.394 e. The molecule has 0 aliphatic rings. The van der Waals surface area contributed by atoms with Crippen molar-refractivity contribution < 1.29 is 9.90 Å². The lowest BCUT2D eigenvalue weighted by Crippen LogP contribution is -2.37. The summed E-state index contributed by atoms with van der Waals surface area (Å²) in [5.41, 5.74) is 7.49. The molecule has 0 bridgehead atoms. The van der Waals surface area contributed by atoms with Gasteiger partial charge in [-0.2, -0.15) is 0 Å². The first-order valence-corrected chi connectivity index (χ1v) is 6.97. The van der Waals surface area contributed by atoms with E-state index in [1.54, 1.807) is 0 Å². The van der Waals surface area contributed by atoms with E-state index in [1.807, 2.05) is 60.7 Å². The zero-order valence-electron chi connectivity index (χ0n) is 11.8. The van der Waals surface area contributed by atoms with Gasteiger partial charge in [-0.25, -0.2) is 0 Å². The molecule has 0 aromatic heterocycles. The molecular formula is C17H20N2O2. The third-order valence-electron chi connectivity index (χ3n) is 3.46. The molecule has 0 saturated heterocycles. The first-order chi connectivity index (χ1) is 10.3. The molecule has 2 rings (SSSR count). The van der Waals surface area contributed by atoms with Crippen molar-refractivity contribution in [3.8, 4) is 0 Å². The van der Waals surface area contributed by atoms with E-state index in [0.29, 0.717) is 0 Å². The highest BCUT2D eigenvalue weighted by Crippen LogP contribution is 2.17. The Morgan fingerprint density at radius 1 is 1.00 bits per heavy atom. The van der Waals surface area contributed by atoms with Crippen LogP contribution in [0.25, 0.3) is 0 Å². The zero-order chi connectivity index (χ0) is 15.1. The average molecular weight is 284 g/mol. The van der Waals surface area contributed by atoms with Gasteiger partial charge in [-0.15, -0.1) is 0 Å². The molecule has 0 spiro atoms. The molecule has 2 atom stereocenters. The minimum atomic E-state index is -0.420. The van der Waals surface area contributed by atoms with Gasteiger partial charge < -0.3 is 16.2 Å². The number of carbonyl (C=O) groups is 1. The normalized spacial score (nSPS) is 13.4. The van der Waals surface area contributed by atoms with Crippen molar-refractivity contribution in [1.82, 2.24) is 5.32 Å².